The number of aliphatic carboxylic acids is 1. The first-order chi connectivity index (χ1) is 10.9. The number of aliphatic imine (C=N–C) groups is 1. The van der Waals surface area contributed by atoms with Crippen LogP contribution in [0.25, 0.3) is 0 Å². The van der Waals surface area contributed by atoms with Crippen molar-refractivity contribution < 1.29 is 24.9 Å². The van der Waals surface area contributed by atoms with E-state index in [1.165, 1.54) is 12.7 Å². The standard InChI is InChI=1S/C11H15N7O5/c12-9-6-10(15-2-14-9)18(17-13,3-16-6)11-8(22)7(21)4(23-11)1-5(19)20/h2-4,7-8,11,17,21-22H,1,13H2,(H2-,12,14,15,19,20)/p+1/t4-,7-,8-,11-,18?/m1/s1. The summed E-state index contributed by atoms with van der Waals surface area (Å²) in [5.74, 6) is 4.76. The van der Waals surface area contributed by atoms with Crippen molar-refractivity contribution in [3.8, 4) is 0 Å². The molecule has 1 fully saturated rings. The number of nitrogens with zero attached hydrogens (tertiary/aromatic N) is 4. The first-order valence-corrected chi connectivity index (χ1v) is 6.66. The van der Waals surface area contributed by atoms with Gasteiger partial charge < -0.3 is 25.8 Å². The number of aliphatic hydroxyl groups is 2. The monoisotopic (exact) mass is 326 g/mol. The topological polar surface area (TPSA) is 189 Å². The molecule has 23 heavy (non-hydrogen) atoms. The maximum absolute atomic E-state index is 10.8. The van der Waals surface area contributed by atoms with Gasteiger partial charge in [-0.25, -0.2) is 10.8 Å². The molecule has 0 saturated carbocycles. The molecule has 0 amide bonds. The lowest BCUT2D eigenvalue weighted by molar-refractivity contribution is -0.142. The fraction of sp³-hybridized carbons (Fsp3) is 0.455. The molecule has 0 aliphatic carbocycles. The number of quaternary nitrogens is 1. The number of nitrogens with one attached hydrogen (secondary N) is 1. The molecule has 0 aromatic carbocycles. The number of nitrogens with two attached hydrogens (primary N) is 2. The largest absolute Gasteiger partial charge is 0.481 e. The number of carboxylic acids is 1. The Morgan fingerprint density at radius 3 is 2.78 bits per heavy atom. The lowest BCUT2D eigenvalue weighted by Gasteiger charge is -2.33. The number of hydrogen-bond donors (Lipinski definition) is 6. The fourth-order valence-corrected chi connectivity index (χ4v) is 2.74. The molecule has 3 rings (SSSR count). The van der Waals surface area contributed by atoms with E-state index in [2.05, 4.69) is 20.5 Å². The first kappa shape index (κ1) is 15.7. The quantitative estimate of drug-likeness (QED) is 0.193. The van der Waals surface area contributed by atoms with E-state index in [9.17, 15) is 15.0 Å². The van der Waals surface area contributed by atoms with Gasteiger partial charge in [-0.1, -0.05) is 5.53 Å². The second-order valence-corrected chi connectivity index (χ2v) is 5.23. The van der Waals surface area contributed by atoms with Gasteiger partial charge in [0.1, 0.15) is 18.5 Å². The van der Waals surface area contributed by atoms with Crippen LogP contribution in [-0.4, -0.2) is 62.1 Å². The summed E-state index contributed by atoms with van der Waals surface area (Å²) in [4.78, 5) is 22.8. The van der Waals surface area contributed by atoms with E-state index in [1.807, 2.05) is 0 Å². The van der Waals surface area contributed by atoms with Gasteiger partial charge in [0.25, 0.3) is 12.0 Å². The Morgan fingerprint density at radius 1 is 1.39 bits per heavy atom. The number of aromatic nitrogens is 2. The minimum atomic E-state index is -1.43. The second kappa shape index (κ2) is 5.45. The average molecular weight is 326 g/mol. The molecule has 1 unspecified atom stereocenters. The van der Waals surface area contributed by atoms with E-state index in [4.69, 9.17) is 21.4 Å². The smallest absolute Gasteiger partial charge is 0.306 e. The van der Waals surface area contributed by atoms with Gasteiger partial charge in [-0.05, 0) is 0 Å². The molecular formula is C11H16N7O5+. The van der Waals surface area contributed by atoms with Gasteiger partial charge in [0.2, 0.25) is 6.34 Å². The van der Waals surface area contributed by atoms with Crippen molar-refractivity contribution in [2.45, 2.75) is 31.0 Å². The number of ether oxygens (including phenoxy) is 1. The van der Waals surface area contributed by atoms with Crippen LogP contribution in [0.2, 0.25) is 0 Å². The van der Waals surface area contributed by atoms with E-state index >= 15 is 0 Å². The molecule has 12 heteroatoms. The van der Waals surface area contributed by atoms with Crippen molar-refractivity contribution >= 4 is 29.6 Å². The summed E-state index contributed by atoms with van der Waals surface area (Å²) in [6.45, 7) is 0. The molecule has 2 aliphatic rings. The van der Waals surface area contributed by atoms with Crippen molar-refractivity contribution in [3.05, 3.63) is 6.33 Å². The number of anilines is 1. The predicted molar refractivity (Wildman–Crippen MR) is 76.6 cm³/mol. The molecule has 1 saturated heterocycles. The van der Waals surface area contributed by atoms with Gasteiger partial charge in [-0.3, -0.25) is 4.79 Å². The minimum absolute atomic E-state index is 0.108. The first-order valence-electron chi connectivity index (χ1n) is 6.66. The normalized spacial score (nSPS) is 35.4. The van der Waals surface area contributed by atoms with Gasteiger partial charge in [-0.15, -0.1) is 4.59 Å². The van der Waals surface area contributed by atoms with Crippen LogP contribution in [0.3, 0.4) is 0 Å². The zero-order chi connectivity index (χ0) is 16.8. The zero-order valence-electron chi connectivity index (χ0n) is 11.8. The average Bonchev–Trinajstić information content (AvgIpc) is 3.02. The van der Waals surface area contributed by atoms with E-state index in [-0.39, 0.29) is 17.3 Å². The highest BCUT2D eigenvalue weighted by Gasteiger charge is 2.58. The van der Waals surface area contributed by atoms with Crippen LogP contribution in [0.15, 0.2) is 11.3 Å². The summed E-state index contributed by atoms with van der Waals surface area (Å²) >= 11 is 0. The molecule has 0 spiro atoms. The number of fused-ring (bicyclic) bond motifs is 1. The molecule has 124 valence electrons. The van der Waals surface area contributed by atoms with Crippen molar-refractivity contribution in [2.75, 3.05) is 5.73 Å². The molecule has 2 aliphatic heterocycles. The highest BCUT2D eigenvalue weighted by molar-refractivity contribution is 5.90. The maximum atomic E-state index is 10.8. The van der Waals surface area contributed by atoms with Crippen LogP contribution in [0.4, 0.5) is 17.3 Å². The molecule has 8 N–H and O–H groups in total. The summed E-state index contributed by atoms with van der Waals surface area (Å²) in [5, 5.41) is 29.2. The van der Waals surface area contributed by atoms with Crippen molar-refractivity contribution in [3.63, 3.8) is 0 Å². The lowest BCUT2D eigenvalue weighted by Crippen LogP contribution is -2.69. The molecule has 1 aromatic heterocycles. The molecule has 5 atom stereocenters. The lowest BCUT2D eigenvalue weighted by atomic mass is 10.1. The fourth-order valence-electron chi connectivity index (χ4n) is 2.74. The number of hydrogen-bond acceptors (Lipinski definition) is 10. The molecule has 1 aromatic rings. The van der Waals surface area contributed by atoms with E-state index in [0.717, 1.165) is 0 Å². The van der Waals surface area contributed by atoms with Crippen LogP contribution < -0.4 is 21.7 Å². The van der Waals surface area contributed by atoms with Gasteiger partial charge in [0.15, 0.2) is 17.6 Å². The van der Waals surface area contributed by atoms with Gasteiger partial charge in [0, 0.05) is 0 Å². The summed E-state index contributed by atoms with van der Waals surface area (Å²) in [5.41, 5.74) is 8.40. The van der Waals surface area contributed by atoms with E-state index < -0.39 is 41.5 Å². The summed E-state index contributed by atoms with van der Waals surface area (Å²) in [7, 11) is 0. The van der Waals surface area contributed by atoms with Gasteiger partial charge in [0.05, 0.1) is 6.42 Å². The Bertz CT molecular complexity index is 670. The Hall–Kier alpha value is -2.22. The Labute approximate surface area is 129 Å². The zero-order valence-corrected chi connectivity index (χ0v) is 11.8. The Morgan fingerprint density at radius 2 is 2.13 bits per heavy atom. The highest BCUT2D eigenvalue weighted by Crippen LogP contribution is 2.42. The number of carboxylic acid groups (broad SMARTS) is 1. The molecule has 0 radical (unpaired) electrons. The van der Waals surface area contributed by atoms with Crippen molar-refractivity contribution in [1.29, 1.82) is 0 Å². The molecular weight excluding hydrogens is 310 g/mol. The third-order valence-electron chi connectivity index (χ3n) is 3.88. The summed E-state index contributed by atoms with van der Waals surface area (Å²) in [6.07, 6.45) is -3.10. The van der Waals surface area contributed by atoms with Gasteiger partial charge in [-0.2, -0.15) is 9.98 Å². The van der Waals surface area contributed by atoms with Crippen molar-refractivity contribution in [2.24, 2.45) is 10.8 Å². The van der Waals surface area contributed by atoms with Crippen LogP contribution in [0.1, 0.15) is 6.42 Å². The third kappa shape index (κ3) is 2.24. The van der Waals surface area contributed by atoms with Crippen LogP contribution in [0.5, 0.6) is 0 Å². The van der Waals surface area contributed by atoms with Crippen molar-refractivity contribution in [1.82, 2.24) is 20.1 Å². The molecule has 12 nitrogen and oxygen atoms in total. The van der Waals surface area contributed by atoms with Crippen LogP contribution in [-0.2, 0) is 9.53 Å². The summed E-state index contributed by atoms with van der Waals surface area (Å²) in [6, 6.07) is 0. The maximum Gasteiger partial charge on any atom is 0.306 e. The third-order valence-corrected chi connectivity index (χ3v) is 3.88. The van der Waals surface area contributed by atoms with Crippen LogP contribution >= 0.6 is 0 Å². The Kier molecular flexibility index (Phi) is 3.71. The number of hydrazine groups is 1. The second-order valence-electron chi connectivity index (χ2n) is 5.23. The Balaban J connectivity index is 1.99. The highest BCUT2D eigenvalue weighted by atomic mass is 16.6. The molecule has 0 bridgehead atoms. The SMILES string of the molecule is NN[N+]1([C@@H]2O[C@H](CC(=O)O)[C@@H](O)[C@H]2O)C=Nc2c(N)ncnc21. The van der Waals surface area contributed by atoms with E-state index in [1.54, 1.807) is 0 Å². The number of carbonyl (C=O) groups is 1. The van der Waals surface area contributed by atoms with Gasteiger partial charge >= 0.3 is 5.97 Å². The number of rotatable bonds is 4. The summed E-state index contributed by atoms with van der Waals surface area (Å²) < 4.78 is 4.97. The number of aliphatic hydroxyl groups excluding tert-OH is 2. The van der Waals surface area contributed by atoms with Crippen LogP contribution in [0, 0.1) is 0 Å². The number of nitrogen functional groups attached to an aromatic ring is 1. The molecule has 3 heterocycles. The minimum Gasteiger partial charge on any atom is -0.481 e. The van der Waals surface area contributed by atoms with E-state index in [0.29, 0.717) is 0 Å². The predicted octanol–water partition coefficient (Wildman–Crippen LogP) is -2.66.